The van der Waals surface area contributed by atoms with Gasteiger partial charge in [-0.25, -0.2) is 9.59 Å². The summed E-state index contributed by atoms with van der Waals surface area (Å²) in [4.78, 5) is 26.1. The van der Waals surface area contributed by atoms with Crippen LogP contribution in [0.25, 0.3) is 0 Å². The molecule has 0 amide bonds. The van der Waals surface area contributed by atoms with Gasteiger partial charge < -0.3 is 118 Å². The molecule has 452 valence electrons. The summed E-state index contributed by atoms with van der Waals surface area (Å²) in [6.45, 7) is -1.98. The third kappa shape index (κ3) is 15.3. The number of aliphatic hydroxyl groups is 15. The summed E-state index contributed by atoms with van der Waals surface area (Å²) in [5.74, 6) is -2.66. The van der Waals surface area contributed by atoms with E-state index in [4.69, 9.17) is 52.1 Å². The second-order valence-electron chi connectivity index (χ2n) is 22.8. The molecule has 4 saturated heterocycles. The van der Waals surface area contributed by atoms with E-state index in [-0.39, 0.29) is 37.0 Å². The van der Waals surface area contributed by atoms with E-state index >= 15 is 0 Å². The molecule has 79 heavy (non-hydrogen) atoms. The maximum absolute atomic E-state index is 13.1. The average molecular weight is 1140 g/mol. The number of esters is 2. The van der Waals surface area contributed by atoms with Crippen molar-refractivity contribution in [2.24, 2.45) is 23.7 Å². The van der Waals surface area contributed by atoms with E-state index in [1.54, 1.807) is 12.2 Å². The largest absolute Gasteiger partial charge is 0.460 e. The van der Waals surface area contributed by atoms with E-state index in [1.807, 2.05) is 0 Å². The molecule has 23 unspecified atom stereocenters. The number of carbonyl (C=O) groups excluding carboxylic acids is 2. The lowest BCUT2D eigenvalue weighted by molar-refractivity contribution is -0.389. The molecule has 0 bridgehead atoms. The van der Waals surface area contributed by atoms with Gasteiger partial charge in [-0.1, -0.05) is 12.2 Å². The zero-order chi connectivity index (χ0) is 56.8. The molecule has 26 heteroatoms. The molecule has 26 nitrogen and oxygen atoms in total. The topological polar surface area (TPSA) is 402 Å². The van der Waals surface area contributed by atoms with Crippen LogP contribution in [0.15, 0.2) is 24.3 Å². The standard InChI is InChI=1S/C53H84O26/c1-69-32-15-24(16-33(70-2)40(32)60)6-14-39(59)71-21-36-42(62)45(65)48(68)52(77-36)79-50-46(66)43(63)37(22-72-38(58)13-5-23-3-9-26(55)10-4-23)78-53(50)75-34-19-29-30(73-49(34)25-7-11-27(56)12-8-25)17-28(57)18-31(29)74-51-47(67)44(64)41(61)35(20-54)76-51/h5-6,13-14,23-37,40-57,60-68H,3-4,7-12,15-22H2,1-2H3/p+1. The van der Waals surface area contributed by atoms with Crippen molar-refractivity contribution in [2.45, 2.75) is 237 Å². The van der Waals surface area contributed by atoms with Crippen LogP contribution in [0.3, 0.4) is 0 Å². The van der Waals surface area contributed by atoms with Crippen LogP contribution in [-0.2, 0) is 57.0 Å². The highest BCUT2D eigenvalue weighted by Gasteiger charge is 2.58. The molecule has 4 aliphatic carbocycles. The molecule has 8 rings (SSSR count). The second kappa shape index (κ2) is 28.4. The Balaban J connectivity index is 1.02. The fourth-order valence-corrected chi connectivity index (χ4v) is 12.7. The van der Waals surface area contributed by atoms with Gasteiger partial charge in [-0.05, 0) is 82.5 Å². The highest BCUT2D eigenvalue weighted by Crippen LogP contribution is 2.44. The van der Waals surface area contributed by atoms with Crippen LogP contribution < -0.4 is 0 Å². The van der Waals surface area contributed by atoms with Crippen molar-refractivity contribution in [3.63, 3.8) is 0 Å². The maximum Gasteiger partial charge on any atom is 0.330 e. The number of rotatable bonds is 18. The molecular weight excluding hydrogens is 1050 g/mol. The van der Waals surface area contributed by atoms with E-state index in [0.29, 0.717) is 64.2 Å². The smallest absolute Gasteiger partial charge is 0.330 e. The first-order valence-electron chi connectivity index (χ1n) is 27.9. The molecule has 0 radical (unpaired) electrons. The molecule has 0 aromatic rings. The lowest BCUT2D eigenvalue weighted by Crippen LogP contribution is -2.66. The van der Waals surface area contributed by atoms with Crippen LogP contribution in [-0.4, -0.2) is 270 Å². The molecule has 4 heterocycles. The van der Waals surface area contributed by atoms with Gasteiger partial charge in [-0.2, -0.15) is 0 Å². The Kier molecular flexibility index (Phi) is 22.5. The lowest BCUT2D eigenvalue weighted by Gasteiger charge is -2.50. The molecule has 4 aliphatic heterocycles. The van der Waals surface area contributed by atoms with Gasteiger partial charge in [0, 0.05) is 45.1 Å². The first-order valence-corrected chi connectivity index (χ1v) is 27.9. The molecule has 23 atom stereocenters. The van der Waals surface area contributed by atoms with Crippen LogP contribution >= 0.6 is 0 Å². The fraction of sp³-hybridized carbons (Fsp3) is 0.887. The van der Waals surface area contributed by atoms with Crippen molar-refractivity contribution in [3.05, 3.63) is 24.3 Å². The molecular formula is C53H85O26+. The fourth-order valence-electron chi connectivity index (χ4n) is 12.7. The molecule has 0 aromatic carbocycles. The average Bonchev–Trinajstić information content (AvgIpc) is 3.61. The second-order valence-corrected chi connectivity index (χ2v) is 22.8. The SMILES string of the molecule is COC1CC(C=CC(=O)OCC2OC(OC3C(OC4CC5C(OC6OC(CO)C(O)C(O)C6O)CC(O)CC5[OH+]C4C4CCC(O)CC4)OC(COC(=O)C=CC4CCC(O)CC4)C(O)C3O)C(O)C(O)C2O)CC(OC)C1O. The quantitative estimate of drug-likeness (QED) is 0.0351. The summed E-state index contributed by atoms with van der Waals surface area (Å²) < 4.78 is 64.3. The van der Waals surface area contributed by atoms with Gasteiger partial charge in [0.15, 0.2) is 31.1 Å². The van der Waals surface area contributed by atoms with Crippen LogP contribution in [0.5, 0.6) is 0 Å². The van der Waals surface area contributed by atoms with E-state index in [2.05, 4.69) is 0 Å². The normalized spacial score (nSPS) is 48.1. The lowest BCUT2D eigenvalue weighted by atomic mass is 9.73. The van der Waals surface area contributed by atoms with Crippen LogP contribution in [0.4, 0.5) is 0 Å². The third-order valence-electron chi connectivity index (χ3n) is 17.5. The van der Waals surface area contributed by atoms with Crippen molar-refractivity contribution in [2.75, 3.05) is 34.0 Å². The van der Waals surface area contributed by atoms with Crippen LogP contribution in [0, 0.1) is 23.7 Å². The van der Waals surface area contributed by atoms with Gasteiger partial charge in [0.05, 0.1) is 49.1 Å². The molecule has 0 aromatic heterocycles. The van der Waals surface area contributed by atoms with E-state index in [9.17, 15) is 76.0 Å². The Bertz CT molecular complexity index is 1950. The Morgan fingerprint density at radius 2 is 0.975 bits per heavy atom. The molecule has 8 fully saturated rings. The summed E-state index contributed by atoms with van der Waals surface area (Å²) in [5, 5.41) is 141. The highest BCUT2D eigenvalue weighted by atomic mass is 16.8. The minimum atomic E-state index is -2.02. The van der Waals surface area contributed by atoms with E-state index in [1.165, 1.54) is 20.3 Å². The number of ether oxygens (including phenoxy) is 11. The van der Waals surface area contributed by atoms with E-state index < -0.39 is 191 Å². The first kappa shape index (κ1) is 62.6. The Hall–Kier alpha value is -2.46. The van der Waals surface area contributed by atoms with Crippen molar-refractivity contribution in [1.29, 1.82) is 0 Å². The summed E-state index contributed by atoms with van der Waals surface area (Å²) in [7, 11) is 2.91. The summed E-state index contributed by atoms with van der Waals surface area (Å²) in [5.41, 5.74) is 0. The maximum atomic E-state index is 13.1. The minimum absolute atomic E-state index is 0.00681. The van der Waals surface area contributed by atoms with Crippen molar-refractivity contribution in [3.8, 4) is 0 Å². The van der Waals surface area contributed by atoms with Crippen LogP contribution in [0.2, 0.25) is 0 Å². The minimum Gasteiger partial charge on any atom is -0.460 e. The van der Waals surface area contributed by atoms with Gasteiger partial charge in [-0.3, -0.25) is 0 Å². The van der Waals surface area contributed by atoms with E-state index in [0.717, 1.165) is 6.08 Å². The first-order chi connectivity index (χ1) is 37.8. The van der Waals surface area contributed by atoms with Gasteiger partial charge in [0.2, 0.25) is 0 Å². The number of carbonyl (C=O) groups is 2. The third-order valence-corrected chi connectivity index (χ3v) is 17.5. The highest BCUT2D eigenvalue weighted by molar-refractivity contribution is 5.82. The van der Waals surface area contributed by atoms with Crippen molar-refractivity contribution < 1.29 is 128 Å². The monoisotopic (exact) mass is 1140 g/mol. The number of fused-ring (bicyclic) bond motifs is 1. The summed E-state index contributed by atoms with van der Waals surface area (Å²) in [6, 6.07) is 0. The number of methoxy groups -OCH3 is 2. The Morgan fingerprint density at radius 1 is 0.481 bits per heavy atom. The number of allylic oxidation sites excluding steroid dienone is 2. The van der Waals surface area contributed by atoms with Crippen molar-refractivity contribution in [1.82, 2.24) is 0 Å². The Morgan fingerprint density at radius 3 is 1.54 bits per heavy atom. The Labute approximate surface area is 457 Å². The number of aliphatic hydroxyl groups excluding tert-OH is 13. The van der Waals surface area contributed by atoms with Crippen molar-refractivity contribution >= 4 is 11.9 Å². The zero-order valence-corrected chi connectivity index (χ0v) is 44.5. The van der Waals surface area contributed by atoms with Gasteiger partial charge >= 0.3 is 11.9 Å². The summed E-state index contributed by atoms with van der Waals surface area (Å²) in [6.07, 6.45) is -22.0. The van der Waals surface area contributed by atoms with Gasteiger partial charge in [0.1, 0.15) is 98.7 Å². The molecule has 14 N–H and O–H groups in total. The predicted octanol–water partition coefficient (Wildman–Crippen LogP) is -4.26. The molecule has 0 spiro atoms. The molecule has 4 saturated carbocycles. The zero-order valence-electron chi connectivity index (χ0n) is 44.5. The van der Waals surface area contributed by atoms with Gasteiger partial charge in [0.25, 0.3) is 0 Å². The molecule has 8 aliphatic rings. The van der Waals surface area contributed by atoms with Gasteiger partial charge in [-0.15, -0.1) is 0 Å². The predicted molar refractivity (Wildman–Crippen MR) is 265 cm³/mol. The van der Waals surface area contributed by atoms with Crippen LogP contribution in [0.1, 0.15) is 83.5 Å². The number of hydrogen-bond donors (Lipinski definition) is 13. The number of hydrogen-bond acceptors (Lipinski definition) is 25. The summed E-state index contributed by atoms with van der Waals surface area (Å²) >= 11 is 0.